The Hall–Kier alpha value is -2.73. The molecular weight excluding hydrogens is 430 g/mol. The lowest BCUT2D eigenvalue weighted by Crippen LogP contribution is -2.29. The van der Waals surface area contributed by atoms with Gasteiger partial charge in [-0.05, 0) is 80.1 Å². The summed E-state index contributed by atoms with van der Waals surface area (Å²) in [5.74, 6) is -0.903. The number of fused-ring (bicyclic) bond motifs is 1. The van der Waals surface area contributed by atoms with E-state index in [4.69, 9.17) is 0 Å². The van der Waals surface area contributed by atoms with E-state index in [9.17, 15) is 8.78 Å². The third-order valence-electron chi connectivity index (χ3n) is 6.93. The number of halogens is 2. The van der Waals surface area contributed by atoms with Gasteiger partial charge >= 0.3 is 0 Å². The Labute approximate surface area is 201 Å². The maximum Gasteiger partial charge on any atom is 0.166 e. The summed E-state index contributed by atoms with van der Waals surface area (Å²) in [6.07, 6.45) is 7.37. The fraction of sp³-hybridized carbons (Fsp3) is 0.464. The number of H-pyrrole nitrogens is 1. The van der Waals surface area contributed by atoms with E-state index in [1.807, 2.05) is 32.0 Å². The Morgan fingerprint density at radius 2 is 1.85 bits per heavy atom. The summed E-state index contributed by atoms with van der Waals surface area (Å²) in [5, 5.41) is 11.7. The van der Waals surface area contributed by atoms with Crippen LogP contribution in [0.15, 0.2) is 36.9 Å². The number of nitrogens with one attached hydrogen (secondary N) is 2. The molecule has 182 valence electrons. The number of likely N-dealkylation sites (tertiary alicyclic amines) is 1. The van der Waals surface area contributed by atoms with Crippen molar-refractivity contribution >= 4 is 16.6 Å². The Morgan fingerprint density at radius 3 is 2.56 bits per heavy atom. The molecular formula is C28H36F2N4. The van der Waals surface area contributed by atoms with Gasteiger partial charge in [0.1, 0.15) is 5.69 Å². The highest BCUT2D eigenvalue weighted by Crippen LogP contribution is 2.32. The fourth-order valence-electron chi connectivity index (χ4n) is 4.78. The lowest BCUT2D eigenvalue weighted by Gasteiger charge is -2.26. The minimum atomic E-state index is -0.807. The molecule has 5 rings (SSSR count). The van der Waals surface area contributed by atoms with Gasteiger partial charge in [0.15, 0.2) is 11.6 Å². The van der Waals surface area contributed by atoms with Crippen molar-refractivity contribution in [1.29, 1.82) is 0 Å². The van der Waals surface area contributed by atoms with E-state index >= 15 is 0 Å². The highest BCUT2D eigenvalue weighted by molar-refractivity contribution is 5.92. The van der Waals surface area contributed by atoms with Gasteiger partial charge in [-0.3, -0.25) is 10.00 Å². The van der Waals surface area contributed by atoms with Crippen LogP contribution < -0.4 is 5.32 Å². The average Bonchev–Trinajstić information content (AvgIpc) is 3.25. The summed E-state index contributed by atoms with van der Waals surface area (Å²) in [7, 11) is 0. The second-order valence-electron chi connectivity index (χ2n) is 9.26. The third-order valence-corrected chi connectivity index (χ3v) is 6.93. The van der Waals surface area contributed by atoms with Crippen molar-refractivity contribution in [3.05, 3.63) is 59.8 Å². The molecule has 2 heterocycles. The maximum absolute atomic E-state index is 14.8. The van der Waals surface area contributed by atoms with Gasteiger partial charge in [0.2, 0.25) is 0 Å². The average molecular weight is 467 g/mol. The molecule has 1 aliphatic heterocycles. The molecule has 1 aliphatic carbocycles. The third kappa shape index (κ3) is 5.33. The first-order chi connectivity index (χ1) is 16.6. The molecule has 4 nitrogen and oxygen atoms in total. The van der Waals surface area contributed by atoms with Crippen molar-refractivity contribution in [2.75, 3.05) is 19.6 Å². The normalized spacial score (nSPS) is 16.6. The topological polar surface area (TPSA) is 44.0 Å². The largest absolute Gasteiger partial charge is 0.383 e. The lowest BCUT2D eigenvalue weighted by atomic mass is 9.85. The first kappa shape index (κ1) is 24.4. The van der Waals surface area contributed by atoms with Crippen molar-refractivity contribution in [3.63, 3.8) is 0 Å². The second-order valence-corrected chi connectivity index (χ2v) is 9.26. The molecule has 34 heavy (non-hydrogen) atoms. The van der Waals surface area contributed by atoms with E-state index < -0.39 is 11.6 Å². The number of hydrogen-bond donors (Lipinski definition) is 2. The molecule has 0 amide bonds. The van der Waals surface area contributed by atoms with E-state index in [-0.39, 0.29) is 0 Å². The summed E-state index contributed by atoms with van der Waals surface area (Å²) in [5.41, 5.74) is 4.07. The zero-order valence-corrected chi connectivity index (χ0v) is 20.4. The molecule has 0 atom stereocenters. The van der Waals surface area contributed by atoms with Gasteiger partial charge in [-0.15, -0.1) is 0 Å². The maximum atomic E-state index is 14.8. The molecule has 1 aromatic heterocycles. The van der Waals surface area contributed by atoms with E-state index in [0.29, 0.717) is 23.6 Å². The van der Waals surface area contributed by atoms with Crippen LogP contribution in [0.3, 0.4) is 0 Å². The number of aromatic amines is 1. The van der Waals surface area contributed by atoms with E-state index in [1.54, 1.807) is 6.07 Å². The van der Waals surface area contributed by atoms with Crippen molar-refractivity contribution in [3.8, 4) is 11.1 Å². The Balaban J connectivity index is 0.00000133. The van der Waals surface area contributed by atoms with Crippen LogP contribution in [0.25, 0.3) is 27.7 Å². The highest BCUT2D eigenvalue weighted by atomic mass is 19.2. The Bertz CT molecular complexity index is 1130. The molecule has 0 radical (unpaired) electrons. The monoisotopic (exact) mass is 466 g/mol. The predicted octanol–water partition coefficient (Wildman–Crippen LogP) is 6.88. The summed E-state index contributed by atoms with van der Waals surface area (Å²) in [6.45, 7) is 11.7. The van der Waals surface area contributed by atoms with Crippen LogP contribution in [0.1, 0.15) is 63.6 Å². The molecule has 2 aliphatic rings. The van der Waals surface area contributed by atoms with Crippen molar-refractivity contribution in [2.45, 2.75) is 58.9 Å². The highest BCUT2D eigenvalue weighted by Gasteiger charge is 2.20. The van der Waals surface area contributed by atoms with Crippen molar-refractivity contribution in [2.24, 2.45) is 5.92 Å². The van der Waals surface area contributed by atoms with Crippen LogP contribution in [0.4, 0.5) is 8.78 Å². The van der Waals surface area contributed by atoms with E-state index in [2.05, 4.69) is 27.0 Å². The van der Waals surface area contributed by atoms with Gasteiger partial charge < -0.3 is 5.32 Å². The zero-order valence-electron chi connectivity index (χ0n) is 20.4. The first-order valence-electron chi connectivity index (χ1n) is 12.7. The van der Waals surface area contributed by atoms with Crippen molar-refractivity contribution < 1.29 is 8.78 Å². The van der Waals surface area contributed by atoms with Gasteiger partial charge in [0, 0.05) is 24.0 Å². The van der Waals surface area contributed by atoms with Gasteiger partial charge in [0.05, 0.1) is 11.2 Å². The predicted molar refractivity (Wildman–Crippen MR) is 136 cm³/mol. The number of benzene rings is 2. The standard InChI is InChI=1S/C26H30F2N4.C2H6/c1-17(29-15-18-6-5-7-18)26-22-14-20(8-9-24(22)30-31-26)21-12-19(13-23(27)25(21)28)16-32-10-3-2-4-11-32;1-2/h8-9,12-14,18,29H,1-7,10-11,15-16H2,(H,30,31);1-2H3. The SMILES string of the molecule is C=C(NCC1CCC1)c1n[nH]c2ccc(-c3cc(CN4CCCCC4)cc(F)c3F)cc12.CC. The number of rotatable bonds is 7. The summed E-state index contributed by atoms with van der Waals surface area (Å²) < 4.78 is 29.4. The molecule has 2 fully saturated rings. The number of hydrogen-bond acceptors (Lipinski definition) is 3. The number of nitrogens with zero attached hydrogens (tertiary/aromatic N) is 2. The molecule has 3 aromatic rings. The fourth-order valence-corrected chi connectivity index (χ4v) is 4.78. The summed E-state index contributed by atoms with van der Waals surface area (Å²) >= 11 is 0. The molecule has 0 unspecified atom stereocenters. The summed E-state index contributed by atoms with van der Waals surface area (Å²) in [4.78, 5) is 2.31. The Morgan fingerprint density at radius 1 is 1.09 bits per heavy atom. The minimum Gasteiger partial charge on any atom is -0.383 e. The molecule has 1 saturated carbocycles. The zero-order chi connectivity index (χ0) is 24.1. The van der Waals surface area contributed by atoms with Gasteiger partial charge in [0.25, 0.3) is 0 Å². The molecule has 1 saturated heterocycles. The first-order valence-corrected chi connectivity index (χ1v) is 12.7. The lowest BCUT2D eigenvalue weighted by molar-refractivity contribution is 0.220. The molecule has 6 heteroatoms. The van der Waals surface area contributed by atoms with E-state index in [1.165, 1.54) is 31.7 Å². The van der Waals surface area contributed by atoms with Crippen molar-refractivity contribution in [1.82, 2.24) is 20.4 Å². The quantitative estimate of drug-likeness (QED) is 0.399. The molecule has 0 spiro atoms. The summed E-state index contributed by atoms with van der Waals surface area (Å²) in [6, 6.07) is 8.69. The van der Waals surface area contributed by atoms with Crippen LogP contribution >= 0.6 is 0 Å². The Kier molecular flexibility index (Phi) is 7.99. The smallest absolute Gasteiger partial charge is 0.166 e. The van der Waals surface area contributed by atoms with Crippen LogP contribution in [-0.4, -0.2) is 34.7 Å². The van der Waals surface area contributed by atoms with Crippen LogP contribution in [-0.2, 0) is 6.54 Å². The van der Waals surface area contributed by atoms with Gasteiger partial charge in [-0.25, -0.2) is 8.78 Å². The van der Waals surface area contributed by atoms with Crippen LogP contribution in [0.2, 0.25) is 0 Å². The van der Waals surface area contributed by atoms with Gasteiger partial charge in [-0.2, -0.15) is 5.10 Å². The van der Waals surface area contributed by atoms with Crippen LogP contribution in [0, 0.1) is 17.6 Å². The minimum absolute atomic E-state index is 0.291. The molecule has 0 bridgehead atoms. The molecule has 2 N–H and O–H groups in total. The molecule has 2 aromatic carbocycles. The second kappa shape index (κ2) is 11.1. The van der Waals surface area contributed by atoms with E-state index in [0.717, 1.165) is 60.3 Å². The number of aromatic nitrogens is 2. The van der Waals surface area contributed by atoms with Gasteiger partial charge in [-0.1, -0.05) is 39.3 Å². The van der Waals surface area contributed by atoms with Crippen LogP contribution in [0.5, 0.6) is 0 Å². The number of piperidine rings is 1.